The molecule has 0 bridgehead atoms. The Morgan fingerprint density at radius 3 is 2.65 bits per heavy atom. The molecule has 1 aromatic heterocycles. The van der Waals surface area contributed by atoms with Gasteiger partial charge in [0, 0.05) is 18.3 Å². The van der Waals surface area contributed by atoms with Crippen LogP contribution in [-0.4, -0.2) is 33.0 Å². The Hall–Kier alpha value is -1.36. The molecule has 0 radical (unpaired) electrons. The summed E-state index contributed by atoms with van der Waals surface area (Å²) in [7, 11) is 0. The van der Waals surface area contributed by atoms with Crippen molar-refractivity contribution >= 4 is 10.9 Å². The average molecular weight is 276 g/mol. The molecule has 1 atom stereocenters. The zero-order valence-corrected chi connectivity index (χ0v) is 12.4. The van der Waals surface area contributed by atoms with Crippen molar-refractivity contribution < 1.29 is 10.2 Å². The van der Waals surface area contributed by atoms with Crippen molar-refractivity contribution in [3.05, 3.63) is 36.0 Å². The molecule has 3 N–H and O–H groups in total. The molecule has 110 valence electrons. The SMILES string of the molecule is CC(C)(C)NCc1cccc2ccn(CC(O)CO)c12. The normalized spacial score (nSPS) is 13.8. The average Bonchev–Trinajstić information content (AvgIpc) is 2.79. The van der Waals surface area contributed by atoms with Gasteiger partial charge in [0.05, 0.1) is 24.8 Å². The van der Waals surface area contributed by atoms with Crippen molar-refractivity contribution in [1.29, 1.82) is 0 Å². The van der Waals surface area contributed by atoms with Crippen molar-refractivity contribution in [2.75, 3.05) is 6.61 Å². The zero-order valence-electron chi connectivity index (χ0n) is 12.4. The molecule has 1 heterocycles. The smallest absolute Gasteiger partial charge is 0.0949 e. The zero-order chi connectivity index (χ0) is 14.8. The maximum atomic E-state index is 9.65. The van der Waals surface area contributed by atoms with Crippen LogP contribution in [0.15, 0.2) is 30.5 Å². The third kappa shape index (κ3) is 3.60. The van der Waals surface area contributed by atoms with Crippen LogP contribution in [0.25, 0.3) is 10.9 Å². The van der Waals surface area contributed by atoms with Gasteiger partial charge in [0.25, 0.3) is 0 Å². The number of aliphatic hydroxyl groups excluding tert-OH is 2. The fourth-order valence-electron chi connectivity index (χ4n) is 2.28. The minimum atomic E-state index is -0.728. The van der Waals surface area contributed by atoms with E-state index in [0.29, 0.717) is 6.54 Å². The van der Waals surface area contributed by atoms with E-state index >= 15 is 0 Å². The summed E-state index contributed by atoms with van der Waals surface area (Å²) in [6.07, 6.45) is 1.23. The number of fused-ring (bicyclic) bond motifs is 1. The number of hydrogen-bond acceptors (Lipinski definition) is 3. The third-order valence-electron chi connectivity index (χ3n) is 3.30. The molecule has 0 saturated heterocycles. The summed E-state index contributed by atoms with van der Waals surface area (Å²) in [6.45, 7) is 7.39. The Balaban J connectivity index is 2.31. The van der Waals surface area contributed by atoms with Crippen LogP contribution in [0.1, 0.15) is 26.3 Å². The number of benzene rings is 1. The molecule has 2 aromatic rings. The molecule has 1 unspecified atom stereocenters. The minimum Gasteiger partial charge on any atom is -0.394 e. The van der Waals surface area contributed by atoms with E-state index in [0.717, 1.165) is 17.4 Å². The largest absolute Gasteiger partial charge is 0.394 e. The standard InChI is InChI=1S/C16H24N2O2/c1-16(2,3)17-9-13-6-4-5-12-7-8-18(15(12)13)10-14(20)11-19/h4-8,14,17,19-20H,9-11H2,1-3H3. The molecule has 0 saturated carbocycles. The maximum Gasteiger partial charge on any atom is 0.0949 e. The second kappa shape index (κ2) is 5.95. The lowest BCUT2D eigenvalue weighted by Gasteiger charge is -2.21. The highest BCUT2D eigenvalue weighted by atomic mass is 16.3. The van der Waals surface area contributed by atoms with Gasteiger partial charge in [-0.1, -0.05) is 18.2 Å². The van der Waals surface area contributed by atoms with Crippen LogP contribution in [0.3, 0.4) is 0 Å². The van der Waals surface area contributed by atoms with Crippen LogP contribution < -0.4 is 5.32 Å². The third-order valence-corrected chi connectivity index (χ3v) is 3.30. The van der Waals surface area contributed by atoms with E-state index in [1.54, 1.807) is 0 Å². The van der Waals surface area contributed by atoms with E-state index < -0.39 is 6.10 Å². The number of nitrogens with zero attached hydrogens (tertiary/aromatic N) is 1. The molecule has 0 fully saturated rings. The molecule has 0 aliphatic heterocycles. The number of aromatic nitrogens is 1. The van der Waals surface area contributed by atoms with Crippen LogP contribution >= 0.6 is 0 Å². The van der Waals surface area contributed by atoms with Gasteiger partial charge in [-0.2, -0.15) is 0 Å². The van der Waals surface area contributed by atoms with E-state index in [9.17, 15) is 5.11 Å². The molecule has 0 spiro atoms. The molecule has 0 aliphatic carbocycles. The lowest BCUT2D eigenvalue weighted by Crippen LogP contribution is -2.35. The topological polar surface area (TPSA) is 57.4 Å². The fraction of sp³-hybridized carbons (Fsp3) is 0.500. The summed E-state index contributed by atoms with van der Waals surface area (Å²) in [5.41, 5.74) is 2.38. The van der Waals surface area contributed by atoms with Crippen LogP contribution in [-0.2, 0) is 13.1 Å². The predicted octanol–water partition coefficient (Wildman–Crippen LogP) is 1.88. The summed E-state index contributed by atoms with van der Waals surface area (Å²) in [6, 6.07) is 8.26. The van der Waals surface area contributed by atoms with Gasteiger partial charge in [-0.25, -0.2) is 0 Å². The van der Waals surface area contributed by atoms with Gasteiger partial charge >= 0.3 is 0 Å². The Morgan fingerprint density at radius 1 is 1.25 bits per heavy atom. The van der Waals surface area contributed by atoms with Crippen LogP contribution in [0.4, 0.5) is 0 Å². The summed E-state index contributed by atoms with van der Waals surface area (Å²) in [5, 5.41) is 23.3. The van der Waals surface area contributed by atoms with Crippen molar-refractivity contribution in [3.63, 3.8) is 0 Å². The quantitative estimate of drug-likeness (QED) is 0.781. The summed E-state index contributed by atoms with van der Waals surface area (Å²) < 4.78 is 2.01. The molecule has 1 aromatic carbocycles. The number of rotatable bonds is 5. The Labute approximate surface area is 120 Å². The maximum absolute atomic E-state index is 9.65. The first-order chi connectivity index (χ1) is 9.40. The Kier molecular flexibility index (Phi) is 4.48. The molecule has 0 amide bonds. The van der Waals surface area contributed by atoms with Gasteiger partial charge in [0.1, 0.15) is 0 Å². The molecule has 2 rings (SSSR count). The first kappa shape index (κ1) is 15.0. The molecule has 4 heteroatoms. The number of nitrogens with one attached hydrogen (secondary N) is 1. The van der Waals surface area contributed by atoms with Gasteiger partial charge in [-0.3, -0.25) is 0 Å². The lowest BCUT2D eigenvalue weighted by molar-refractivity contribution is 0.0822. The summed E-state index contributed by atoms with van der Waals surface area (Å²) >= 11 is 0. The Morgan fingerprint density at radius 2 is 2.00 bits per heavy atom. The van der Waals surface area contributed by atoms with Crippen LogP contribution in [0.2, 0.25) is 0 Å². The molecular formula is C16H24N2O2. The number of aliphatic hydroxyl groups is 2. The van der Waals surface area contributed by atoms with E-state index in [1.807, 2.05) is 16.8 Å². The summed E-state index contributed by atoms with van der Waals surface area (Å²) in [5.74, 6) is 0. The highest BCUT2D eigenvalue weighted by Gasteiger charge is 2.13. The lowest BCUT2D eigenvalue weighted by atomic mass is 10.1. The van der Waals surface area contributed by atoms with Crippen molar-refractivity contribution in [3.8, 4) is 0 Å². The molecule has 20 heavy (non-hydrogen) atoms. The first-order valence-electron chi connectivity index (χ1n) is 7.01. The highest BCUT2D eigenvalue weighted by Crippen LogP contribution is 2.21. The van der Waals surface area contributed by atoms with Crippen molar-refractivity contribution in [1.82, 2.24) is 9.88 Å². The van der Waals surface area contributed by atoms with Gasteiger partial charge in [-0.15, -0.1) is 0 Å². The van der Waals surface area contributed by atoms with Gasteiger partial charge in [0.2, 0.25) is 0 Å². The van der Waals surface area contributed by atoms with E-state index in [4.69, 9.17) is 5.11 Å². The Bertz CT molecular complexity index is 569. The molecular weight excluding hydrogens is 252 g/mol. The van der Waals surface area contributed by atoms with E-state index in [2.05, 4.69) is 44.3 Å². The van der Waals surface area contributed by atoms with Crippen molar-refractivity contribution in [2.24, 2.45) is 0 Å². The van der Waals surface area contributed by atoms with Gasteiger partial charge in [-0.05, 0) is 37.8 Å². The molecule has 4 nitrogen and oxygen atoms in total. The van der Waals surface area contributed by atoms with E-state index in [-0.39, 0.29) is 12.1 Å². The minimum absolute atomic E-state index is 0.0597. The summed E-state index contributed by atoms with van der Waals surface area (Å²) in [4.78, 5) is 0. The van der Waals surface area contributed by atoms with Gasteiger partial charge < -0.3 is 20.1 Å². The second-order valence-electron chi connectivity index (χ2n) is 6.26. The van der Waals surface area contributed by atoms with Gasteiger partial charge in [0.15, 0.2) is 0 Å². The first-order valence-corrected chi connectivity index (χ1v) is 7.01. The van der Waals surface area contributed by atoms with Crippen molar-refractivity contribution in [2.45, 2.75) is 45.5 Å². The highest BCUT2D eigenvalue weighted by molar-refractivity contribution is 5.83. The van der Waals surface area contributed by atoms with E-state index in [1.165, 1.54) is 5.56 Å². The second-order valence-corrected chi connectivity index (χ2v) is 6.26. The predicted molar refractivity (Wildman–Crippen MR) is 81.6 cm³/mol. The van der Waals surface area contributed by atoms with Crippen LogP contribution in [0, 0.1) is 0 Å². The molecule has 0 aliphatic rings. The monoisotopic (exact) mass is 276 g/mol. The fourth-order valence-corrected chi connectivity index (χ4v) is 2.28. The van der Waals surface area contributed by atoms with Crippen LogP contribution in [0.5, 0.6) is 0 Å². The number of para-hydroxylation sites is 1. The number of hydrogen-bond donors (Lipinski definition) is 3.